The predicted molar refractivity (Wildman–Crippen MR) is 152 cm³/mol. The molecule has 0 aliphatic carbocycles. The highest BCUT2D eigenvalue weighted by molar-refractivity contribution is 8.14. The number of fused-ring (bicyclic) bond motifs is 1. The van der Waals surface area contributed by atoms with Crippen molar-refractivity contribution in [2.45, 2.75) is 81.5 Å². The number of hydrogen-bond acceptors (Lipinski definition) is 8. The average molecular weight is 546 g/mol. The third kappa shape index (κ3) is 7.29. The van der Waals surface area contributed by atoms with Gasteiger partial charge in [0.2, 0.25) is 0 Å². The SMILES string of the molecule is CC(N[S+]([O-])C(C)(C)C)[C@H]1O[C@@H]2SC(N(C)C)=N[C@@H]2[C@@H](OCc2ccccc2)[C@H]1OCc1ccccc1. The van der Waals surface area contributed by atoms with Gasteiger partial charge in [-0.1, -0.05) is 72.4 Å². The minimum atomic E-state index is -1.26. The van der Waals surface area contributed by atoms with Gasteiger partial charge in [-0.15, -0.1) is 4.72 Å². The minimum absolute atomic E-state index is 0.216. The van der Waals surface area contributed by atoms with Crippen molar-refractivity contribution < 1.29 is 18.8 Å². The molecule has 4 rings (SSSR count). The van der Waals surface area contributed by atoms with Gasteiger partial charge in [0.05, 0.1) is 19.3 Å². The highest BCUT2D eigenvalue weighted by Crippen LogP contribution is 2.40. The molecule has 0 aromatic heterocycles. The lowest BCUT2D eigenvalue weighted by Crippen LogP contribution is -2.63. The Balaban J connectivity index is 1.63. The molecule has 202 valence electrons. The van der Waals surface area contributed by atoms with Crippen LogP contribution in [0.15, 0.2) is 65.7 Å². The molecule has 0 saturated carbocycles. The van der Waals surface area contributed by atoms with Crippen molar-refractivity contribution in [3.63, 3.8) is 0 Å². The van der Waals surface area contributed by atoms with Crippen LogP contribution in [-0.2, 0) is 38.8 Å². The maximum Gasteiger partial charge on any atom is 0.161 e. The van der Waals surface area contributed by atoms with Gasteiger partial charge in [0.1, 0.15) is 34.5 Å². The summed E-state index contributed by atoms with van der Waals surface area (Å²) in [7, 11) is 3.97. The van der Waals surface area contributed by atoms with E-state index in [2.05, 4.69) is 16.9 Å². The second-order valence-corrected chi connectivity index (χ2v) is 13.8. The average Bonchev–Trinajstić information content (AvgIpc) is 3.31. The van der Waals surface area contributed by atoms with Crippen molar-refractivity contribution in [2.24, 2.45) is 4.99 Å². The summed E-state index contributed by atoms with van der Waals surface area (Å²) in [6.45, 7) is 8.74. The molecular weight excluding hydrogens is 506 g/mol. The van der Waals surface area contributed by atoms with Crippen LogP contribution in [0.5, 0.6) is 0 Å². The Labute approximate surface area is 228 Å². The molecule has 9 heteroatoms. The maximum absolute atomic E-state index is 13.0. The number of thioether (sulfide) groups is 1. The van der Waals surface area contributed by atoms with Gasteiger partial charge in [-0.3, -0.25) is 4.99 Å². The van der Waals surface area contributed by atoms with E-state index in [0.717, 1.165) is 16.3 Å². The van der Waals surface area contributed by atoms with Crippen LogP contribution < -0.4 is 4.72 Å². The molecule has 1 fully saturated rings. The third-order valence-electron chi connectivity index (χ3n) is 6.33. The van der Waals surface area contributed by atoms with E-state index in [9.17, 15) is 4.55 Å². The van der Waals surface area contributed by atoms with Gasteiger partial charge in [-0.2, -0.15) is 0 Å². The molecule has 7 nitrogen and oxygen atoms in total. The molecule has 37 heavy (non-hydrogen) atoms. The number of hydrogen-bond donors (Lipinski definition) is 1. The molecule has 0 bridgehead atoms. The Kier molecular flexibility index (Phi) is 9.61. The van der Waals surface area contributed by atoms with E-state index in [1.807, 2.05) is 95.2 Å². The number of amidine groups is 1. The van der Waals surface area contributed by atoms with E-state index in [1.165, 1.54) is 0 Å². The zero-order valence-electron chi connectivity index (χ0n) is 22.5. The molecule has 0 spiro atoms. The lowest BCUT2D eigenvalue weighted by atomic mass is 9.94. The topological polar surface area (TPSA) is 78.4 Å². The van der Waals surface area contributed by atoms with Crippen molar-refractivity contribution >= 4 is 28.3 Å². The third-order valence-corrected chi connectivity index (χ3v) is 9.33. The number of benzene rings is 2. The summed E-state index contributed by atoms with van der Waals surface area (Å²) in [6, 6.07) is 19.8. The number of rotatable bonds is 9. The summed E-state index contributed by atoms with van der Waals surface area (Å²) in [5.41, 5.74) is 1.95. The molecule has 2 heterocycles. The highest BCUT2D eigenvalue weighted by atomic mass is 32.2. The zero-order chi connectivity index (χ0) is 26.6. The largest absolute Gasteiger partial charge is 0.598 e. The second-order valence-electron chi connectivity index (χ2n) is 10.7. The zero-order valence-corrected chi connectivity index (χ0v) is 24.1. The summed E-state index contributed by atoms with van der Waals surface area (Å²) >= 11 is 0.345. The van der Waals surface area contributed by atoms with Crippen molar-refractivity contribution in [1.29, 1.82) is 0 Å². The van der Waals surface area contributed by atoms with Gasteiger partial charge in [0.25, 0.3) is 0 Å². The minimum Gasteiger partial charge on any atom is -0.598 e. The first-order valence-corrected chi connectivity index (χ1v) is 14.7. The molecule has 2 aromatic rings. The van der Waals surface area contributed by atoms with E-state index in [4.69, 9.17) is 19.2 Å². The summed E-state index contributed by atoms with van der Waals surface area (Å²) in [5.74, 6) is 0. The molecule has 2 aliphatic heterocycles. The smallest absolute Gasteiger partial charge is 0.161 e. The molecule has 1 N–H and O–H groups in total. The van der Waals surface area contributed by atoms with Crippen LogP contribution in [-0.4, -0.2) is 69.3 Å². The lowest BCUT2D eigenvalue weighted by Gasteiger charge is -2.45. The van der Waals surface area contributed by atoms with E-state index < -0.39 is 22.2 Å². The fraction of sp³-hybridized carbons (Fsp3) is 0.536. The van der Waals surface area contributed by atoms with E-state index in [1.54, 1.807) is 11.8 Å². The Bertz CT molecular complexity index is 1020. The van der Waals surface area contributed by atoms with Crippen LogP contribution in [0.4, 0.5) is 0 Å². The van der Waals surface area contributed by atoms with Gasteiger partial charge in [-0.05, 0) is 38.8 Å². The molecular formula is C28H39N3O4S2. The van der Waals surface area contributed by atoms with Crippen LogP contribution in [0.2, 0.25) is 0 Å². The molecule has 1 saturated heterocycles. The lowest BCUT2D eigenvalue weighted by molar-refractivity contribution is -0.202. The normalized spacial score (nSPS) is 27.3. The van der Waals surface area contributed by atoms with Gasteiger partial charge < -0.3 is 23.7 Å². The Hall–Kier alpha value is -1.59. The number of nitrogens with one attached hydrogen (secondary N) is 1. The van der Waals surface area contributed by atoms with Crippen LogP contribution in [0.3, 0.4) is 0 Å². The molecule has 7 atom stereocenters. The van der Waals surface area contributed by atoms with Crippen LogP contribution in [0.1, 0.15) is 38.8 Å². The van der Waals surface area contributed by atoms with E-state index in [0.29, 0.717) is 13.2 Å². The first-order chi connectivity index (χ1) is 17.6. The number of nitrogens with zero attached hydrogens (tertiary/aromatic N) is 2. The van der Waals surface area contributed by atoms with Gasteiger partial charge in [0.15, 0.2) is 5.17 Å². The first kappa shape index (κ1) is 28.4. The highest BCUT2D eigenvalue weighted by Gasteiger charge is 2.53. The summed E-state index contributed by atoms with van der Waals surface area (Å²) in [4.78, 5) is 7.00. The van der Waals surface area contributed by atoms with Crippen molar-refractivity contribution in [3.05, 3.63) is 71.8 Å². The van der Waals surface area contributed by atoms with E-state index in [-0.39, 0.29) is 29.7 Å². The number of aliphatic imine (C=N–C) groups is 1. The molecule has 0 radical (unpaired) electrons. The summed E-state index contributed by atoms with van der Waals surface area (Å²) in [6.07, 6.45) is -1.15. The Morgan fingerprint density at radius 1 is 1.00 bits per heavy atom. The number of ether oxygens (including phenoxy) is 3. The quantitative estimate of drug-likeness (QED) is 0.469. The van der Waals surface area contributed by atoms with Gasteiger partial charge in [-0.25, -0.2) is 0 Å². The van der Waals surface area contributed by atoms with Crippen molar-refractivity contribution in [3.8, 4) is 0 Å². The van der Waals surface area contributed by atoms with Crippen LogP contribution in [0.25, 0.3) is 0 Å². The maximum atomic E-state index is 13.0. The molecule has 2 aromatic carbocycles. The monoisotopic (exact) mass is 545 g/mol. The fourth-order valence-electron chi connectivity index (χ4n) is 4.30. The fourth-order valence-corrected chi connectivity index (χ4v) is 6.26. The second kappa shape index (κ2) is 12.5. The summed E-state index contributed by atoms with van der Waals surface area (Å²) in [5, 5.41) is 0.907. The Morgan fingerprint density at radius 3 is 2.05 bits per heavy atom. The summed E-state index contributed by atoms with van der Waals surface area (Å²) < 4.78 is 35.8. The predicted octanol–water partition coefficient (Wildman–Crippen LogP) is 4.36. The van der Waals surface area contributed by atoms with Crippen LogP contribution in [0, 0.1) is 0 Å². The molecule has 2 aliphatic rings. The van der Waals surface area contributed by atoms with Crippen LogP contribution >= 0.6 is 11.8 Å². The standard InChI is InChI=1S/C28H39N3O4S2/c1-19(30-37(32)28(2,3)4)23-25(34-18-21-15-11-8-12-16-21)24(33-17-20-13-9-7-10-14-20)22-26(35-23)36-27(29-22)31(5)6/h7-16,19,22-26,30H,17-18H2,1-6H3/t19?,22-,23-,24-,25+,26-,37?/m1/s1. The van der Waals surface area contributed by atoms with Crippen molar-refractivity contribution in [1.82, 2.24) is 9.62 Å². The van der Waals surface area contributed by atoms with E-state index >= 15 is 0 Å². The Morgan fingerprint density at radius 2 is 1.54 bits per heavy atom. The molecule has 0 amide bonds. The van der Waals surface area contributed by atoms with Gasteiger partial charge in [0, 0.05) is 25.5 Å². The van der Waals surface area contributed by atoms with Gasteiger partial charge >= 0.3 is 0 Å². The van der Waals surface area contributed by atoms with Crippen molar-refractivity contribution in [2.75, 3.05) is 14.1 Å². The first-order valence-electron chi connectivity index (χ1n) is 12.7. The molecule has 2 unspecified atom stereocenters.